The highest BCUT2D eigenvalue weighted by Crippen LogP contribution is 2.30. The standard InChI is InChI=1S/C22H17ClINO4/c1-3-9-27-16-7-5-14(20(13-16)28-10-4-2)11-19-22(26)29-21(25-19)17-12-15(24)6-8-18(17)23/h3-8,11-13H,1-2,9-10H2. The number of benzene rings is 2. The third-order valence-electron chi connectivity index (χ3n) is 3.78. The fraction of sp³-hybridized carbons (Fsp3) is 0.0909. The molecule has 0 unspecified atom stereocenters. The van der Waals surface area contributed by atoms with Gasteiger partial charge < -0.3 is 14.2 Å². The third-order valence-corrected chi connectivity index (χ3v) is 4.78. The first-order valence-corrected chi connectivity index (χ1v) is 10.1. The molecule has 1 heterocycles. The van der Waals surface area contributed by atoms with Gasteiger partial charge in [0.05, 0.1) is 10.6 Å². The smallest absolute Gasteiger partial charge is 0.363 e. The minimum absolute atomic E-state index is 0.151. The molecule has 0 amide bonds. The lowest BCUT2D eigenvalue weighted by Gasteiger charge is -2.10. The first-order valence-electron chi connectivity index (χ1n) is 8.61. The van der Waals surface area contributed by atoms with Crippen molar-refractivity contribution < 1.29 is 19.0 Å². The van der Waals surface area contributed by atoms with Crippen LogP contribution < -0.4 is 9.47 Å². The number of halogens is 2. The topological polar surface area (TPSA) is 57.1 Å². The summed E-state index contributed by atoms with van der Waals surface area (Å²) >= 11 is 8.38. The number of rotatable bonds is 8. The molecular weight excluding hydrogens is 505 g/mol. The minimum atomic E-state index is -0.559. The van der Waals surface area contributed by atoms with Crippen molar-refractivity contribution >= 4 is 52.1 Å². The molecule has 148 valence electrons. The molecule has 0 N–H and O–H groups in total. The van der Waals surface area contributed by atoms with Crippen molar-refractivity contribution in [1.82, 2.24) is 0 Å². The molecule has 0 bridgehead atoms. The molecule has 0 radical (unpaired) electrons. The zero-order valence-corrected chi connectivity index (χ0v) is 18.3. The molecule has 1 aliphatic heterocycles. The summed E-state index contributed by atoms with van der Waals surface area (Å²) in [5, 5.41) is 0.456. The van der Waals surface area contributed by atoms with Gasteiger partial charge in [-0.2, -0.15) is 0 Å². The van der Waals surface area contributed by atoms with Gasteiger partial charge in [0.2, 0.25) is 5.90 Å². The van der Waals surface area contributed by atoms with E-state index in [-0.39, 0.29) is 11.6 Å². The number of nitrogens with zero attached hydrogens (tertiary/aromatic N) is 1. The molecule has 0 atom stereocenters. The third kappa shape index (κ3) is 5.27. The van der Waals surface area contributed by atoms with E-state index >= 15 is 0 Å². The van der Waals surface area contributed by atoms with Crippen LogP contribution in [0.15, 0.2) is 72.4 Å². The van der Waals surface area contributed by atoms with Gasteiger partial charge in [0.25, 0.3) is 0 Å². The second kappa shape index (κ2) is 9.76. The summed E-state index contributed by atoms with van der Waals surface area (Å²) in [5.41, 5.74) is 1.37. The van der Waals surface area contributed by atoms with E-state index in [9.17, 15) is 4.79 Å². The maximum atomic E-state index is 12.3. The second-order valence-corrected chi connectivity index (χ2v) is 7.51. The monoisotopic (exact) mass is 521 g/mol. The summed E-state index contributed by atoms with van der Waals surface area (Å²) in [7, 11) is 0. The lowest BCUT2D eigenvalue weighted by molar-refractivity contribution is -0.129. The van der Waals surface area contributed by atoms with E-state index in [0.717, 1.165) is 3.57 Å². The van der Waals surface area contributed by atoms with Crippen LogP contribution in [0.3, 0.4) is 0 Å². The number of hydrogen-bond acceptors (Lipinski definition) is 5. The van der Waals surface area contributed by atoms with Crippen molar-refractivity contribution in [3.8, 4) is 11.5 Å². The highest BCUT2D eigenvalue weighted by atomic mass is 127. The molecule has 5 nitrogen and oxygen atoms in total. The van der Waals surface area contributed by atoms with Crippen molar-refractivity contribution in [2.45, 2.75) is 0 Å². The highest BCUT2D eigenvalue weighted by molar-refractivity contribution is 14.1. The Bertz CT molecular complexity index is 1030. The lowest BCUT2D eigenvalue weighted by atomic mass is 10.1. The fourth-order valence-electron chi connectivity index (χ4n) is 2.49. The highest BCUT2D eigenvalue weighted by Gasteiger charge is 2.26. The largest absolute Gasteiger partial charge is 0.489 e. The predicted octanol–water partition coefficient (Wildman–Crippen LogP) is 5.42. The van der Waals surface area contributed by atoms with Crippen LogP contribution in [0.4, 0.5) is 0 Å². The van der Waals surface area contributed by atoms with E-state index in [0.29, 0.717) is 40.9 Å². The lowest BCUT2D eigenvalue weighted by Crippen LogP contribution is -2.06. The molecule has 0 saturated carbocycles. The minimum Gasteiger partial charge on any atom is -0.489 e. The Kier molecular flexibility index (Phi) is 7.11. The summed E-state index contributed by atoms with van der Waals surface area (Å²) in [6.07, 6.45) is 4.89. The predicted molar refractivity (Wildman–Crippen MR) is 123 cm³/mol. The van der Waals surface area contributed by atoms with Gasteiger partial charge in [-0.05, 0) is 59.0 Å². The maximum absolute atomic E-state index is 12.3. The number of esters is 1. The summed E-state index contributed by atoms with van der Waals surface area (Å²) in [5.74, 6) is 0.762. The van der Waals surface area contributed by atoms with Gasteiger partial charge in [-0.1, -0.05) is 36.9 Å². The van der Waals surface area contributed by atoms with Crippen LogP contribution in [0.1, 0.15) is 11.1 Å². The van der Waals surface area contributed by atoms with E-state index in [4.69, 9.17) is 25.8 Å². The van der Waals surface area contributed by atoms with E-state index in [1.54, 1.807) is 42.5 Å². The van der Waals surface area contributed by atoms with Gasteiger partial charge >= 0.3 is 5.97 Å². The summed E-state index contributed by atoms with van der Waals surface area (Å²) in [4.78, 5) is 16.7. The summed E-state index contributed by atoms with van der Waals surface area (Å²) in [6.45, 7) is 7.96. The van der Waals surface area contributed by atoms with Crippen LogP contribution in [-0.4, -0.2) is 25.1 Å². The number of carbonyl (C=O) groups is 1. The van der Waals surface area contributed by atoms with E-state index < -0.39 is 5.97 Å². The van der Waals surface area contributed by atoms with Crippen molar-refractivity contribution in [2.24, 2.45) is 4.99 Å². The first kappa shape index (κ1) is 21.1. The van der Waals surface area contributed by atoms with Crippen LogP contribution in [0.5, 0.6) is 11.5 Å². The summed E-state index contributed by atoms with van der Waals surface area (Å²) in [6, 6.07) is 10.7. The van der Waals surface area contributed by atoms with Gasteiger partial charge in [0, 0.05) is 15.2 Å². The normalized spacial score (nSPS) is 14.3. The first-order chi connectivity index (χ1) is 14.0. The Labute approximate surface area is 187 Å². The SMILES string of the molecule is C=CCOc1ccc(C=C2N=C(c3cc(I)ccc3Cl)OC2=O)c(OCC=C)c1. The van der Waals surface area contributed by atoms with Crippen molar-refractivity contribution in [2.75, 3.05) is 13.2 Å². The van der Waals surface area contributed by atoms with Crippen LogP contribution >= 0.6 is 34.2 Å². The van der Waals surface area contributed by atoms with E-state index in [2.05, 4.69) is 40.7 Å². The van der Waals surface area contributed by atoms with Gasteiger partial charge in [-0.3, -0.25) is 0 Å². The van der Waals surface area contributed by atoms with Crippen molar-refractivity contribution in [1.29, 1.82) is 0 Å². The van der Waals surface area contributed by atoms with E-state index in [1.807, 2.05) is 12.1 Å². The van der Waals surface area contributed by atoms with Crippen LogP contribution in [-0.2, 0) is 9.53 Å². The molecule has 0 fully saturated rings. The number of carbonyl (C=O) groups excluding carboxylic acids is 1. The van der Waals surface area contributed by atoms with Gasteiger partial charge in [0.1, 0.15) is 24.7 Å². The van der Waals surface area contributed by atoms with Gasteiger partial charge in [-0.15, -0.1) is 0 Å². The molecule has 1 aliphatic rings. The van der Waals surface area contributed by atoms with Crippen LogP contribution in [0, 0.1) is 3.57 Å². The fourth-order valence-corrected chi connectivity index (χ4v) is 3.18. The Balaban J connectivity index is 1.96. The molecule has 29 heavy (non-hydrogen) atoms. The number of hydrogen-bond donors (Lipinski definition) is 0. The van der Waals surface area contributed by atoms with Gasteiger partial charge in [0.15, 0.2) is 5.70 Å². The van der Waals surface area contributed by atoms with Gasteiger partial charge in [-0.25, -0.2) is 9.79 Å². The Morgan fingerprint density at radius 2 is 1.86 bits per heavy atom. The zero-order valence-electron chi connectivity index (χ0n) is 15.4. The zero-order chi connectivity index (χ0) is 20.8. The molecule has 0 aliphatic carbocycles. The molecule has 2 aromatic rings. The Morgan fingerprint density at radius 3 is 2.62 bits per heavy atom. The van der Waals surface area contributed by atoms with Crippen molar-refractivity contribution in [3.63, 3.8) is 0 Å². The Morgan fingerprint density at radius 1 is 1.10 bits per heavy atom. The molecule has 2 aromatic carbocycles. The van der Waals surface area contributed by atoms with Crippen LogP contribution in [0.2, 0.25) is 5.02 Å². The molecule has 7 heteroatoms. The average molecular weight is 522 g/mol. The van der Waals surface area contributed by atoms with Crippen molar-refractivity contribution in [3.05, 3.63) is 87.1 Å². The average Bonchev–Trinajstić information content (AvgIpc) is 3.08. The quantitative estimate of drug-likeness (QED) is 0.202. The van der Waals surface area contributed by atoms with Crippen LogP contribution in [0.25, 0.3) is 6.08 Å². The molecule has 0 spiro atoms. The molecular formula is C22H17ClINO4. The molecule has 0 aromatic heterocycles. The number of ether oxygens (including phenoxy) is 3. The number of aliphatic imine (C=N–C) groups is 1. The molecule has 3 rings (SSSR count). The Hall–Kier alpha value is -2.58. The second-order valence-electron chi connectivity index (χ2n) is 5.86. The number of cyclic esters (lactones) is 1. The molecule has 0 saturated heterocycles. The van der Waals surface area contributed by atoms with E-state index in [1.165, 1.54) is 0 Å². The summed E-state index contributed by atoms with van der Waals surface area (Å²) < 4.78 is 17.5. The maximum Gasteiger partial charge on any atom is 0.363 e.